The van der Waals surface area contributed by atoms with E-state index >= 15 is 0 Å². The van der Waals surface area contributed by atoms with Gasteiger partial charge in [-0.25, -0.2) is 0 Å². The molecule has 4 rings (SSSR count). The van der Waals surface area contributed by atoms with Crippen LogP contribution < -0.4 is 9.47 Å². The molecule has 4 aromatic rings. The summed E-state index contributed by atoms with van der Waals surface area (Å²) in [6.45, 7) is 2.70. The van der Waals surface area contributed by atoms with Crippen LogP contribution in [0.25, 0.3) is 11.1 Å². The Balaban J connectivity index is 2.00. The molecule has 0 aliphatic heterocycles. The Morgan fingerprint density at radius 2 is 1.27 bits per heavy atom. The molecule has 3 nitrogen and oxygen atoms in total. The molecule has 0 fully saturated rings. The lowest BCUT2D eigenvalue weighted by atomic mass is 9.79. The van der Waals surface area contributed by atoms with Crippen LogP contribution >= 0.6 is 0 Å². The number of unbranched alkanes of at least 4 members (excludes halogenated alkanes) is 1. The fourth-order valence-electron chi connectivity index (χ4n) is 4.21. The van der Waals surface area contributed by atoms with Gasteiger partial charge in [-0.15, -0.1) is 0 Å². The molecule has 4 aromatic carbocycles. The van der Waals surface area contributed by atoms with E-state index < -0.39 is 5.60 Å². The van der Waals surface area contributed by atoms with Crippen molar-refractivity contribution in [2.24, 2.45) is 0 Å². The summed E-state index contributed by atoms with van der Waals surface area (Å²) < 4.78 is 12.1. The van der Waals surface area contributed by atoms with E-state index in [1.165, 1.54) is 0 Å². The van der Waals surface area contributed by atoms with Crippen molar-refractivity contribution in [1.82, 2.24) is 0 Å². The van der Waals surface area contributed by atoms with Gasteiger partial charge in [-0.3, -0.25) is 0 Å². The van der Waals surface area contributed by atoms with E-state index in [1.54, 1.807) is 7.11 Å². The van der Waals surface area contributed by atoms with Crippen molar-refractivity contribution < 1.29 is 14.6 Å². The van der Waals surface area contributed by atoms with Gasteiger partial charge in [0.1, 0.15) is 17.1 Å². The van der Waals surface area contributed by atoms with Crippen LogP contribution in [0.15, 0.2) is 103 Å². The highest BCUT2D eigenvalue weighted by Crippen LogP contribution is 2.46. The molecule has 0 bridgehead atoms. The van der Waals surface area contributed by atoms with Gasteiger partial charge in [-0.05, 0) is 23.6 Å². The molecule has 1 N–H and O–H groups in total. The molecule has 0 aliphatic rings. The predicted molar refractivity (Wildman–Crippen MR) is 134 cm³/mol. The second-order valence-corrected chi connectivity index (χ2v) is 8.03. The predicted octanol–water partition coefficient (Wildman–Crippen LogP) is 6.83. The lowest BCUT2D eigenvalue weighted by Gasteiger charge is -2.32. The van der Waals surface area contributed by atoms with Gasteiger partial charge in [0.25, 0.3) is 0 Å². The van der Waals surface area contributed by atoms with Crippen LogP contribution in [0.4, 0.5) is 0 Å². The maximum Gasteiger partial charge on any atom is 0.144 e. The van der Waals surface area contributed by atoms with Crippen LogP contribution in [0, 0.1) is 0 Å². The second-order valence-electron chi connectivity index (χ2n) is 8.03. The number of methoxy groups -OCH3 is 1. The van der Waals surface area contributed by atoms with Gasteiger partial charge in [-0.1, -0.05) is 110 Å². The van der Waals surface area contributed by atoms with E-state index in [-0.39, 0.29) is 0 Å². The topological polar surface area (TPSA) is 38.7 Å². The molecule has 0 spiro atoms. The maximum atomic E-state index is 12.4. The van der Waals surface area contributed by atoms with Crippen LogP contribution in [0.1, 0.15) is 36.5 Å². The third-order valence-corrected chi connectivity index (χ3v) is 5.93. The molecule has 0 saturated heterocycles. The van der Waals surface area contributed by atoms with Crippen LogP contribution in [0.5, 0.6) is 11.5 Å². The van der Waals surface area contributed by atoms with Crippen molar-refractivity contribution in [1.29, 1.82) is 0 Å². The van der Waals surface area contributed by atoms with Crippen molar-refractivity contribution in [3.8, 4) is 22.6 Å². The van der Waals surface area contributed by atoms with Crippen LogP contribution in [-0.4, -0.2) is 18.8 Å². The molecule has 0 aromatic heterocycles. The molecule has 0 heterocycles. The Morgan fingerprint density at radius 1 is 0.697 bits per heavy atom. The molecule has 3 heteroatoms. The molecule has 0 radical (unpaired) electrons. The summed E-state index contributed by atoms with van der Waals surface area (Å²) in [6.07, 6.45) is 1.95. The third-order valence-electron chi connectivity index (χ3n) is 5.93. The van der Waals surface area contributed by atoms with Gasteiger partial charge >= 0.3 is 0 Å². The summed E-state index contributed by atoms with van der Waals surface area (Å²) in [4.78, 5) is 0. The summed E-state index contributed by atoms with van der Waals surface area (Å²) in [7, 11) is 1.67. The van der Waals surface area contributed by atoms with Crippen molar-refractivity contribution in [2.45, 2.75) is 25.4 Å². The summed E-state index contributed by atoms with van der Waals surface area (Å²) in [5, 5.41) is 12.4. The molecular weight excluding hydrogens is 408 g/mol. The fourth-order valence-corrected chi connectivity index (χ4v) is 4.21. The van der Waals surface area contributed by atoms with Gasteiger partial charge in [0, 0.05) is 16.7 Å². The van der Waals surface area contributed by atoms with E-state index in [0.29, 0.717) is 17.9 Å². The van der Waals surface area contributed by atoms with Gasteiger partial charge in [-0.2, -0.15) is 0 Å². The lowest BCUT2D eigenvalue weighted by Crippen LogP contribution is -2.29. The summed E-state index contributed by atoms with van der Waals surface area (Å²) in [5.74, 6) is 1.43. The number of ether oxygens (including phenoxy) is 2. The van der Waals surface area contributed by atoms with Gasteiger partial charge in [0.2, 0.25) is 0 Å². The van der Waals surface area contributed by atoms with Crippen LogP contribution in [-0.2, 0) is 5.60 Å². The first-order valence-corrected chi connectivity index (χ1v) is 11.4. The Labute approximate surface area is 196 Å². The first-order chi connectivity index (χ1) is 16.2. The van der Waals surface area contributed by atoms with Crippen molar-refractivity contribution in [3.63, 3.8) is 0 Å². The summed E-state index contributed by atoms with van der Waals surface area (Å²) >= 11 is 0. The zero-order chi connectivity index (χ0) is 23.1. The molecule has 168 valence electrons. The Kier molecular flexibility index (Phi) is 7.11. The van der Waals surface area contributed by atoms with E-state index in [9.17, 15) is 5.11 Å². The molecular formula is C30H30O3. The van der Waals surface area contributed by atoms with Gasteiger partial charge in [0.15, 0.2) is 0 Å². The van der Waals surface area contributed by atoms with Crippen LogP contribution in [0.2, 0.25) is 0 Å². The highest BCUT2D eigenvalue weighted by molar-refractivity contribution is 5.78. The fraction of sp³-hybridized carbons (Fsp3) is 0.200. The third kappa shape index (κ3) is 4.50. The first kappa shape index (κ1) is 22.6. The molecule has 0 saturated carbocycles. The number of hydrogen-bond acceptors (Lipinski definition) is 3. The van der Waals surface area contributed by atoms with Crippen molar-refractivity contribution >= 4 is 0 Å². The van der Waals surface area contributed by atoms with E-state index in [2.05, 4.69) is 6.92 Å². The number of aliphatic hydroxyl groups is 1. The zero-order valence-corrected chi connectivity index (χ0v) is 19.2. The molecule has 0 unspecified atom stereocenters. The zero-order valence-electron chi connectivity index (χ0n) is 19.2. The molecule has 33 heavy (non-hydrogen) atoms. The van der Waals surface area contributed by atoms with Gasteiger partial charge < -0.3 is 14.6 Å². The first-order valence-electron chi connectivity index (χ1n) is 11.4. The smallest absolute Gasteiger partial charge is 0.144 e. The van der Waals surface area contributed by atoms with Crippen molar-refractivity contribution in [2.75, 3.05) is 13.7 Å². The average Bonchev–Trinajstić information content (AvgIpc) is 2.89. The second kappa shape index (κ2) is 10.4. The Hall–Kier alpha value is -3.56. The maximum absolute atomic E-state index is 12.4. The van der Waals surface area contributed by atoms with Gasteiger partial charge in [0.05, 0.1) is 13.7 Å². The Bertz CT molecular complexity index is 1130. The number of hydrogen-bond donors (Lipinski definition) is 1. The van der Waals surface area contributed by atoms with Crippen molar-refractivity contribution in [3.05, 3.63) is 120 Å². The SMILES string of the molecule is CCCCOc1c(-c2ccccc2OC)cccc1C(O)(c1ccccc1)c1ccccc1. The van der Waals surface area contributed by atoms with E-state index in [4.69, 9.17) is 9.47 Å². The Morgan fingerprint density at radius 3 is 1.88 bits per heavy atom. The number of benzene rings is 4. The van der Waals surface area contributed by atoms with E-state index in [1.807, 2.05) is 103 Å². The molecule has 0 atom stereocenters. The summed E-state index contributed by atoms with van der Waals surface area (Å²) in [6, 6.07) is 33.4. The normalized spacial score (nSPS) is 11.2. The largest absolute Gasteiger partial charge is 0.496 e. The molecule has 0 aliphatic carbocycles. The number of rotatable bonds is 9. The quantitative estimate of drug-likeness (QED) is 0.230. The monoisotopic (exact) mass is 438 g/mol. The molecule has 0 amide bonds. The summed E-state index contributed by atoms with van der Waals surface area (Å²) in [5.41, 5.74) is 2.72. The minimum Gasteiger partial charge on any atom is -0.496 e. The van der Waals surface area contributed by atoms with E-state index in [0.717, 1.165) is 40.8 Å². The minimum absolute atomic E-state index is 0.565. The highest BCUT2D eigenvalue weighted by Gasteiger charge is 2.37. The lowest BCUT2D eigenvalue weighted by molar-refractivity contribution is 0.120. The average molecular weight is 439 g/mol. The number of para-hydroxylation sites is 2. The van der Waals surface area contributed by atoms with Crippen LogP contribution in [0.3, 0.4) is 0 Å². The minimum atomic E-state index is -1.39. The standard InChI is InChI=1S/C30H30O3/c1-3-4-22-33-29-26(25-18-11-12-21-28(25)32-2)19-13-20-27(29)30(31,23-14-7-5-8-15-23)24-16-9-6-10-17-24/h5-21,31H,3-4,22H2,1-2H3. The highest BCUT2D eigenvalue weighted by atomic mass is 16.5.